The average Bonchev–Trinajstić information content (AvgIpc) is 2.30. The summed E-state index contributed by atoms with van der Waals surface area (Å²) >= 11 is 0. The van der Waals surface area contributed by atoms with E-state index in [-0.39, 0.29) is 11.4 Å². The maximum Gasteiger partial charge on any atom is 0.329 e. The minimum atomic E-state index is -0.645. The number of pyridine rings is 1. The zero-order chi connectivity index (χ0) is 12.4. The summed E-state index contributed by atoms with van der Waals surface area (Å²) in [5.74, 6) is -0.339. The van der Waals surface area contributed by atoms with E-state index in [0.29, 0.717) is 16.8 Å². The van der Waals surface area contributed by atoms with Gasteiger partial charge in [0.2, 0.25) is 5.75 Å². The van der Waals surface area contributed by atoms with E-state index in [1.54, 1.807) is 31.2 Å². The zero-order valence-corrected chi connectivity index (χ0v) is 9.12. The van der Waals surface area contributed by atoms with Crippen LogP contribution in [0.4, 0.5) is 5.69 Å². The first-order chi connectivity index (χ1) is 8.11. The standard InChI is InChI=1S/C12H10N2O3/c1-8-11(9-5-3-2-4-6-9)12(15)10(7-13-8)14(16)17/h2-7H,1H3,(H,13,15). The molecule has 0 aliphatic rings. The molecule has 0 atom stereocenters. The molecular weight excluding hydrogens is 220 g/mol. The fraction of sp³-hybridized carbons (Fsp3) is 0.0833. The molecule has 1 heterocycles. The van der Waals surface area contributed by atoms with Crippen molar-refractivity contribution in [1.29, 1.82) is 0 Å². The van der Waals surface area contributed by atoms with Gasteiger partial charge in [-0.25, -0.2) is 0 Å². The Morgan fingerprint density at radius 3 is 2.53 bits per heavy atom. The number of nitro groups is 1. The molecule has 2 aromatic rings. The molecule has 1 N–H and O–H groups in total. The number of hydrogen-bond donors (Lipinski definition) is 1. The first-order valence-corrected chi connectivity index (χ1v) is 4.99. The third kappa shape index (κ3) is 1.94. The largest absolute Gasteiger partial charge is 0.502 e. The van der Waals surface area contributed by atoms with Crippen molar-refractivity contribution in [2.45, 2.75) is 6.92 Å². The topological polar surface area (TPSA) is 76.3 Å². The van der Waals surface area contributed by atoms with Crippen LogP contribution in [0.3, 0.4) is 0 Å². The van der Waals surface area contributed by atoms with Crippen LogP contribution in [-0.2, 0) is 0 Å². The summed E-state index contributed by atoms with van der Waals surface area (Å²) in [6.07, 6.45) is 1.07. The van der Waals surface area contributed by atoms with Crippen LogP contribution in [0.2, 0.25) is 0 Å². The third-order valence-electron chi connectivity index (χ3n) is 2.48. The minimum Gasteiger partial charge on any atom is -0.502 e. The molecule has 0 radical (unpaired) electrons. The molecule has 0 aliphatic heterocycles. The molecule has 0 fully saturated rings. The summed E-state index contributed by atoms with van der Waals surface area (Å²) in [5, 5.41) is 20.6. The van der Waals surface area contributed by atoms with E-state index in [1.165, 1.54) is 0 Å². The molecule has 0 spiro atoms. The fourth-order valence-electron chi connectivity index (χ4n) is 1.67. The van der Waals surface area contributed by atoms with Crippen molar-refractivity contribution in [2.24, 2.45) is 0 Å². The molecule has 5 nitrogen and oxygen atoms in total. The van der Waals surface area contributed by atoms with E-state index in [1.807, 2.05) is 6.07 Å². The van der Waals surface area contributed by atoms with Crippen LogP contribution in [0.15, 0.2) is 36.5 Å². The van der Waals surface area contributed by atoms with Crippen LogP contribution in [0.25, 0.3) is 11.1 Å². The van der Waals surface area contributed by atoms with Gasteiger partial charge in [-0.1, -0.05) is 30.3 Å². The van der Waals surface area contributed by atoms with Gasteiger partial charge in [0.1, 0.15) is 6.20 Å². The SMILES string of the molecule is Cc1ncc([N+](=O)[O-])c(O)c1-c1ccccc1. The molecule has 0 saturated heterocycles. The van der Waals surface area contributed by atoms with E-state index in [4.69, 9.17) is 0 Å². The summed E-state index contributed by atoms with van der Waals surface area (Å²) in [6.45, 7) is 1.70. The number of rotatable bonds is 2. The van der Waals surface area contributed by atoms with Crippen LogP contribution >= 0.6 is 0 Å². The maximum atomic E-state index is 10.7. The Kier molecular flexibility index (Phi) is 2.74. The van der Waals surface area contributed by atoms with Gasteiger partial charge < -0.3 is 5.11 Å². The molecule has 17 heavy (non-hydrogen) atoms. The molecule has 0 aliphatic carbocycles. The molecule has 0 amide bonds. The van der Waals surface area contributed by atoms with Gasteiger partial charge >= 0.3 is 5.69 Å². The quantitative estimate of drug-likeness (QED) is 0.635. The number of nitrogens with zero attached hydrogens (tertiary/aromatic N) is 2. The second kappa shape index (κ2) is 4.21. The smallest absolute Gasteiger partial charge is 0.329 e. The first-order valence-electron chi connectivity index (χ1n) is 4.99. The third-order valence-corrected chi connectivity index (χ3v) is 2.48. The Hall–Kier alpha value is -2.43. The minimum absolute atomic E-state index is 0.339. The highest BCUT2D eigenvalue weighted by molar-refractivity contribution is 5.76. The highest BCUT2D eigenvalue weighted by Crippen LogP contribution is 2.37. The number of aromatic hydroxyl groups is 1. The van der Waals surface area contributed by atoms with Crippen molar-refractivity contribution in [3.63, 3.8) is 0 Å². The molecular formula is C12H10N2O3. The van der Waals surface area contributed by atoms with Gasteiger partial charge in [-0.2, -0.15) is 0 Å². The van der Waals surface area contributed by atoms with Gasteiger partial charge in [-0.05, 0) is 12.5 Å². The second-order valence-electron chi connectivity index (χ2n) is 3.58. The van der Waals surface area contributed by atoms with E-state index in [0.717, 1.165) is 6.20 Å². The lowest BCUT2D eigenvalue weighted by atomic mass is 10.0. The highest BCUT2D eigenvalue weighted by atomic mass is 16.6. The van der Waals surface area contributed by atoms with Crippen LogP contribution in [0.5, 0.6) is 5.75 Å². The number of aryl methyl sites for hydroxylation is 1. The van der Waals surface area contributed by atoms with Gasteiger partial charge in [-0.15, -0.1) is 0 Å². The van der Waals surface area contributed by atoms with Gasteiger partial charge in [0.25, 0.3) is 0 Å². The van der Waals surface area contributed by atoms with Crippen LogP contribution < -0.4 is 0 Å². The normalized spacial score (nSPS) is 10.2. The molecule has 0 bridgehead atoms. The van der Waals surface area contributed by atoms with Crippen molar-refractivity contribution in [3.05, 3.63) is 52.3 Å². The van der Waals surface area contributed by atoms with E-state index in [9.17, 15) is 15.2 Å². The Morgan fingerprint density at radius 2 is 1.94 bits per heavy atom. The first kappa shape index (κ1) is 11.1. The van der Waals surface area contributed by atoms with Gasteiger partial charge in [-0.3, -0.25) is 15.1 Å². The van der Waals surface area contributed by atoms with E-state index in [2.05, 4.69) is 4.98 Å². The summed E-state index contributed by atoms with van der Waals surface area (Å²) in [4.78, 5) is 14.0. The van der Waals surface area contributed by atoms with E-state index >= 15 is 0 Å². The Morgan fingerprint density at radius 1 is 1.29 bits per heavy atom. The zero-order valence-electron chi connectivity index (χ0n) is 9.12. The number of aromatic nitrogens is 1. The fourth-order valence-corrected chi connectivity index (χ4v) is 1.67. The summed E-state index contributed by atoms with van der Waals surface area (Å²) < 4.78 is 0. The molecule has 0 saturated carbocycles. The lowest BCUT2D eigenvalue weighted by Gasteiger charge is -2.07. The average molecular weight is 230 g/mol. The lowest BCUT2D eigenvalue weighted by molar-refractivity contribution is -0.386. The van der Waals surface area contributed by atoms with Gasteiger partial charge in [0.15, 0.2) is 0 Å². The molecule has 0 unspecified atom stereocenters. The molecule has 5 heteroatoms. The number of benzene rings is 1. The predicted molar refractivity (Wildman–Crippen MR) is 62.7 cm³/mol. The maximum absolute atomic E-state index is 10.7. The van der Waals surface area contributed by atoms with Crippen molar-refractivity contribution < 1.29 is 10.0 Å². The predicted octanol–water partition coefficient (Wildman–Crippen LogP) is 2.67. The van der Waals surface area contributed by atoms with Crippen molar-refractivity contribution in [1.82, 2.24) is 4.98 Å². The monoisotopic (exact) mass is 230 g/mol. The van der Waals surface area contributed by atoms with Crippen molar-refractivity contribution in [2.75, 3.05) is 0 Å². The van der Waals surface area contributed by atoms with Gasteiger partial charge in [0.05, 0.1) is 10.5 Å². The molecule has 86 valence electrons. The second-order valence-corrected chi connectivity index (χ2v) is 3.58. The van der Waals surface area contributed by atoms with Crippen LogP contribution in [0, 0.1) is 17.0 Å². The van der Waals surface area contributed by atoms with Gasteiger partial charge in [0, 0.05) is 5.69 Å². The Labute approximate surface area is 97.5 Å². The Balaban J connectivity index is 2.69. The van der Waals surface area contributed by atoms with Crippen LogP contribution in [-0.4, -0.2) is 15.0 Å². The molecule has 1 aromatic heterocycles. The van der Waals surface area contributed by atoms with Crippen LogP contribution in [0.1, 0.15) is 5.69 Å². The highest BCUT2D eigenvalue weighted by Gasteiger charge is 2.20. The van der Waals surface area contributed by atoms with E-state index < -0.39 is 4.92 Å². The summed E-state index contributed by atoms with van der Waals surface area (Å²) in [6, 6.07) is 8.97. The lowest BCUT2D eigenvalue weighted by Crippen LogP contribution is -1.95. The van der Waals surface area contributed by atoms with Crippen molar-refractivity contribution in [3.8, 4) is 16.9 Å². The molecule has 1 aromatic carbocycles. The summed E-state index contributed by atoms with van der Waals surface area (Å²) in [7, 11) is 0. The Bertz CT molecular complexity index is 567. The summed E-state index contributed by atoms with van der Waals surface area (Å²) in [5.41, 5.74) is 1.28. The number of hydrogen-bond acceptors (Lipinski definition) is 4. The van der Waals surface area contributed by atoms with Crippen molar-refractivity contribution >= 4 is 5.69 Å². The molecule has 2 rings (SSSR count).